The van der Waals surface area contributed by atoms with Crippen LogP contribution in [-0.2, 0) is 11.2 Å². The van der Waals surface area contributed by atoms with Crippen molar-refractivity contribution in [3.05, 3.63) is 71.3 Å². The quantitative estimate of drug-likeness (QED) is 0.822. The number of rotatable bonds is 3. The van der Waals surface area contributed by atoms with Crippen molar-refractivity contribution in [2.45, 2.75) is 31.6 Å². The fourth-order valence-electron chi connectivity index (χ4n) is 3.29. The molecule has 0 spiro atoms. The number of carbonyl (C=O) groups is 1. The van der Waals surface area contributed by atoms with Gasteiger partial charge in [0.05, 0.1) is 6.42 Å². The first-order chi connectivity index (χ1) is 11.6. The van der Waals surface area contributed by atoms with E-state index in [1.807, 2.05) is 4.90 Å². The lowest BCUT2D eigenvalue weighted by molar-refractivity contribution is -0.130. The minimum Gasteiger partial charge on any atom is -0.342 e. The Hall–Kier alpha value is -2.23. The standard InChI is InChI=1S/C20H21F2NO/c21-18-10-8-15(9-11-18)17-6-3-4-12-23(14-17)20(24)13-16-5-1-2-7-19(16)22/h1-2,5,7-11,17H,3-4,6,12-14H2. The Labute approximate surface area is 141 Å². The molecule has 1 aliphatic rings. The molecule has 0 aliphatic carbocycles. The van der Waals surface area contributed by atoms with Crippen molar-refractivity contribution in [3.8, 4) is 0 Å². The summed E-state index contributed by atoms with van der Waals surface area (Å²) in [7, 11) is 0. The molecule has 1 fully saturated rings. The highest BCUT2D eigenvalue weighted by atomic mass is 19.1. The van der Waals surface area contributed by atoms with Gasteiger partial charge in [0.15, 0.2) is 0 Å². The second kappa shape index (κ2) is 7.56. The molecule has 1 unspecified atom stereocenters. The molecule has 0 aromatic heterocycles. The minimum absolute atomic E-state index is 0.0471. The number of halogens is 2. The number of carbonyl (C=O) groups excluding carboxylic acids is 1. The number of amides is 1. The van der Waals surface area contributed by atoms with Gasteiger partial charge >= 0.3 is 0 Å². The van der Waals surface area contributed by atoms with E-state index in [-0.39, 0.29) is 29.9 Å². The largest absolute Gasteiger partial charge is 0.342 e. The normalized spacial score (nSPS) is 18.2. The predicted octanol–water partition coefficient (Wildman–Crippen LogP) is 4.30. The third-order valence-electron chi connectivity index (χ3n) is 4.67. The van der Waals surface area contributed by atoms with Crippen LogP contribution in [0.4, 0.5) is 8.78 Å². The van der Waals surface area contributed by atoms with Crippen molar-refractivity contribution in [2.24, 2.45) is 0 Å². The Morgan fingerprint density at radius 3 is 2.54 bits per heavy atom. The lowest BCUT2D eigenvalue weighted by Crippen LogP contribution is -2.35. The van der Waals surface area contributed by atoms with Gasteiger partial charge in [0, 0.05) is 19.0 Å². The molecule has 2 aromatic rings. The molecular formula is C20H21F2NO. The summed E-state index contributed by atoms with van der Waals surface area (Å²) in [6.45, 7) is 1.31. The molecule has 4 heteroatoms. The zero-order valence-electron chi connectivity index (χ0n) is 13.6. The van der Waals surface area contributed by atoms with Crippen LogP contribution in [0.3, 0.4) is 0 Å². The average Bonchev–Trinajstić information content (AvgIpc) is 2.84. The topological polar surface area (TPSA) is 20.3 Å². The van der Waals surface area contributed by atoms with E-state index in [1.165, 1.54) is 18.2 Å². The molecule has 0 bridgehead atoms. The predicted molar refractivity (Wildman–Crippen MR) is 89.7 cm³/mol. The van der Waals surface area contributed by atoms with Crippen molar-refractivity contribution in [2.75, 3.05) is 13.1 Å². The van der Waals surface area contributed by atoms with E-state index in [9.17, 15) is 13.6 Å². The maximum atomic E-state index is 13.8. The smallest absolute Gasteiger partial charge is 0.227 e. The summed E-state index contributed by atoms with van der Waals surface area (Å²) in [4.78, 5) is 14.4. The average molecular weight is 329 g/mol. The molecule has 1 heterocycles. The number of hydrogen-bond acceptors (Lipinski definition) is 1. The Morgan fingerprint density at radius 2 is 1.79 bits per heavy atom. The molecule has 3 rings (SSSR count). The van der Waals surface area contributed by atoms with Crippen LogP contribution in [0, 0.1) is 11.6 Å². The van der Waals surface area contributed by atoms with Crippen LogP contribution >= 0.6 is 0 Å². The van der Waals surface area contributed by atoms with E-state index in [1.54, 1.807) is 30.3 Å². The molecule has 2 aromatic carbocycles. The van der Waals surface area contributed by atoms with E-state index in [0.29, 0.717) is 18.7 Å². The Balaban J connectivity index is 1.71. The highest BCUT2D eigenvalue weighted by Gasteiger charge is 2.23. The van der Waals surface area contributed by atoms with Crippen LogP contribution in [0.5, 0.6) is 0 Å². The number of likely N-dealkylation sites (tertiary alicyclic amines) is 1. The minimum atomic E-state index is -0.337. The third-order valence-corrected chi connectivity index (χ3v) is 4.67. The maximum Gasteiger partial charge on any atom is 0.227 e. The molecule has 1 aliphatic heterocycles. The Morgan fingerprint density at radius 1 is 1.04 bits per heavy atom. The molecule has 0 N–H and O–H groups in total. The van der Waals surface area contributed by atoms with Gasteiger partial charge in [-0.1, -0.05) is 36.8 Å². The van der Waals surface area contributed by atoms with Gasteiger partial charge in [-0.25, -0.2) is 8.78 Å². The number of hydrogen-bond donors (Lipinski definition) is 0. The lowest BCUT2D eigenvalue weighted by Gasteiger charge is -2.25. The first-order valence-electron chi connectivity index (χ1n) is 8.40. The lowest BCUT2D eigenvalue weighted by atomic mass is 9.94. The number of benzene rings is 2. The van der Waals surface area contributed by atoms with E-state index in [2.05, 4.69) is 0 Å². The van der Waals surface area contributed by atoms with Crippen molar-refractivity contribution in [3.63, 3.8) is 0 Å². The summed E-state index contributed by atoms with van der Waals surface area (Å²) in [5.41, 5.74) is 1.49. The van der Waals surface area contributed by atoms with Gasteiger partial charge in [0.2, 0.25) is 5.91 Å². The molecule has 24 heavy (non-hydrogen) atoms. The van der Waals surface area contributed by atoms with E-state index >= 15 is 0 Å². The van der Waals surface area contributed by atoms with Crippen molar-refractivity contribution < 1.29 is 13.6 Å². The maximum absolute atomic E-state index is 13.8. The molecule has 0 saturated carbocycles. The van der Waals surface area contributed by atoms with E-state index < -0.39 is 0 Å². The number of nitrogens with zero attached hydrogens (tertiary/aromatic N) is 1. The summed E-state index contributed by atoms with van der Waals surface area (Å²) in [6.07, 6.45) is 3.05. The molecule has 1 amide bonds. The van der Waals surface area contributed by atoms with Gasteiger partial charge in [-0.2, -0.15) is 0 Å². The van der Waals surface area contributed by atoms with Gasteiger partial charge in [-0.05, 0) is 42.2 Å². The molecular weight excluding hydrogens is 308 g/mol. The van der Waals surface area contributed by atoms with Gasteiger partial charge in [0.1, 0.15) is 11.6 Å². The van der Waals surface area contributed by atoms with Crippen molar-refractivity contribution in [1.82, 2.24) is 4.90 Å². The Kier molecular flexibility index (Phi) is 5.24. The first-order valence-corrected chi connectivity index (χ1v) is 8.40. The summed E-state index contributed by atoms with van der Waals surface area (Å²) in [5, 5.41) is 0. The molecule has 1 atom stereocenters. The van der Waals surface area contributed by atoms with Crippen LogP contribution in [0.2, 0.25) is 0 Å². The summed E-state index contributed by atoms with van der Waals surface area (Å²) in [5.74, 6) is -0.428. The first kappa shape index (κ1) is 16.6. The second-order valence-corrected chi connectivity index (χ2v) is 6.35. The van der Waals surface area contributed by atoms with E-state index in [4.69, 9.17) is 0 Å². The highest BCUT2D eigenvalue weighted by molar-refractivity contribution is 5.79. The van der Waals surface area contributed by atoms with Crippen molar-refractivity contribution in [1.29, 1.82) is 0 Å². The molecule has 1 saturated heterocycles. The highest BCUT2D eigenvalue weighted by Crippen LogP contribution is 2.27. The Bertz CT molecular complexity index is 699. The van der Waals surface area contributed by atoms with Gasteiger partial charge in [-0.3, -0.25) is 4.79 Å². The molecule has 0 radical (unpaired) electrons. The van der Waals surface area contributed by atoms with Crippen LogP contribution in [0.15, 0.2) is 48.5 Å². The molecule has 126 valence electrons. The second-order valence-electron chi connectivity index (χ2n) is 6.35. The van der Waals surface area contributed by atoms with Gasteiger partial charge in [-0.15, -0.1) is 0 Å². The zero-order valence-corrected chi connectivity index (χ0v) is 13.6. The van der Waals surface area contributed by atoms with Gasteiger partial charge < -0.3 is 4.90 Å². The fourth-order valence-corrected chi connectivity index (χ4v) is 3.29. The van der Waals surface area contributed by atoms with Crippen LogP contribution in [-0.4, -0.2) is 23.9 Å². The fraction of sp³-hybridized carbons (Fsp3) is 0.350. The zero-order chi connectivity index (χ0) is 16.9. The summed E-state index contributed by atoms with van der Waals surface area (Å²) >= 11 is 0. The van der Waals surface area contributed by atoms with Gasteiger partial charge in [0.25, 0.3) is 0 Å². The van der Waals surface area contributed by atoms with E-state index in [0.717, 1.165) is 24.8 Å². The molecule has 2 nitrogen and oxygen atoms in total. The summed E-state index contributed by atoms with van der Waals surface area (Å²) < 4.78 is 26.9. The third kappa shape index (κ3) is 3.99. The van der Waals surface area contributed by atoms with Crippen LogP contribution < -0.4 is 0 Å². The van der Waals surface area contributed by atoms with Crippen molar-refractivity contribution >= 4 is 5.91 Å². The SMILES string of the molecule is O=C(Cc1ccccc1F)N1CCCCC(c2ccc(F)cc2)C1. The van der Waals surface area contributed by atoms with Crippen LogP contribution in [0.25, 0.3) is 0 Å². The monoisotopic (exact) mass is 329 g/mol. The van der Waals surface area contributed by atoms with Crippen LogP contribution in [0.1, 0.15) is 36.3 Å². The summed E-state index contributed by atoms with van der Waals surface area (Å²) in [6, 6.07) is 12.9.